The Bertz CT molecular complexity index is 412. The van der Waals surface area contributed by atoms with Crippen LogP contribution >= 0.6 is 0 Å². The van der Waals surface area contributed by atoms with Gasteiger partial charge < -0.3 is 5.32 Å². The number of rotatable bonds is 2. The molecule has 0 unspecified atom stereocenters. The van der Waals surface area contributed by atoms with Crippen LogP contribution in [0.25, 0.3) is 4.85 Å². The fourth-order valence-electron chi connectivity index (χ4n) is 1.43. The first-order valence-corrected chi connectivity index (χ1v) is 4.87. The van der Waals surface area contributed by atoms with Gasteiger partial charge in [0.2, 0.25) is 5.91 Å². The molecule has 1 aromatic carbocycles. The number of benzene rings is 1. The fourth-order valence-corrected chi connectivity index (χ4v) is 1.43. The van der Waals surface area contributed by atoms with Gasteiger partial charge in [-0.1, -0.05) is 19.1 Å². The molecule has 0 saturated carbocycles. The van der Waals surface area contributed by atoms with Crippen LogP contribution in [0, 0.1) is 20.4 Å². The number of carbonyl (C=O) groups is 1. The molecule has 1 N–H and O–H groups in total. The molecule has 16 heavy (non-hydrogen) atoms. The molecule has 0 saturated heterocycles. The third-order valence-corrected chi connectivity index (χ3v) is 2.23. The zero-order chi connectivity index (χ0) is 11.4. The first-order chi connectivity index (χ1) is 7.08. The Hall–Kier alpha value is -0.716. The van der Waals surface area contributed by atoms with Gasteiger partial charge in [-0.25, -0.2) is 4.85 Å². The number of amides is 1. The van der Waals surface area contributed by atoms with Crippen LogP contribution in [0.5, 0.6) is 0 Å². The molecule has 0 atom stereocenters. The zero-order valence-corrected chi connectivity index (χ0v) is 12.6. The maximum atomic E-state index is 11.3. The Morgan fingerprint density at radius 2 is 1.88 bits per heavy atom. The van der Waals surface area contributed by atoms with Crippen LogP contribution in [0.4, 0.5) is 11.4 Å². The Kier molecular flexibility index (Phi) is 6.47. The molecular weight excluding hydrogens is 277 g/mol. The van der Waals surface area contributed by atoms with E-state index in [1.165, 1.54) is 0 Å². The minimum absolute atomic E-state index is 0. The van der Waals surface area contributed by atoms with Crippen LogP contribution in [0.15, 0.2) is 12.1 Å². The average molecular weight is 291 g/mol. The van der Waals surface area contributed by atoms with Gasteiger partial charge in [0.25, 0.3) is 0 Å². The number of nitrogens with zero attached hydrogens (tertiary/aromatic N) is 1. The molecule has 0 bridgehead atoms. The van der Waals surface area contributed by atoms with E-state index in [-0.39, 0.29) is 38.6 Å². The zero-order valence-electron chi connectivity index (χ0n) is 9.79. The van der Waals surface area contributed by atoms with Crippen molar-refractivity contribution in [2.45, 2.75) is 27.2 Å². The second-order valence-corrected chi connectivity index (χ2v) is 3.47. The van der Waals surface area contributed by atoms with Gasteiger partial charge >= 0.3 is 0 Å². The van der Waals surface area contributed by atoms with Gasteiger partial charge in [0.1, 0.15) is 0 Å². The van der Waals surface area contributed by atoms with E-state index in [1.54, 1.807) is 12.1 Å². The minimum atomic E-state index is -0.00300. The normalized spacial score (nSPS) is 8.88. The van der Waals surface area contributed by atoms with Crippen molar-refractivity contribution in [3.63, 3.8) is 0 Å². The number of nitrogens with one attached hydrogen (secondary N) is 1. The van der Waals surface area contributed by atoms with Crippen LogP contribution in [0.1, 0.15) is 24.5 Å². The number of hydrogen-bond acceptors (Lipinski definition) is 1. The average Bonchev–Trinajstić information content (AvgIpc) is 2.22. The predicted octanol–water partition coefficient (Wildman–Crippen LogP) is 3.20. The molecule has 0 fully saturated rings. The third-order valence-electron chi connectivity index (χ3n) is 2.23. The molecule has 0 spiro atoms. The Morgan fingerprint density at radius 1 is 1.38 bits per heavy atom. The second kappa shape index (κ2) is 6.78. The topological polar surface area (TPSA) is 33.5 Å². The molecule has 0 aromatic heterocycles. The number of hydrogen-bond donors (Lipinski definition) is 1. The molecule has 81 valence electrons. The van der Waals surface area contributed by atoms with Crippen molar-refractivity contribution in [1.82, 2.24) is 0 Å². The maximum absolute atomic E-state index is 11.3. The van der Waals surface area contributed by atoms with Crippen molar-refractivity contribution in [2.75, 3.05) is 5.32 Å². The maximum Gasteiger partial charge on any atom is 0.224 e. The van der Waals surface area contributed by atoms with E-state index in [4.69, 9.17) is 6.57 Å². The van der Waals surface area contributed by atoms with Gasteiger partial charge in [0.15, 0.2) is 5.69 Å². The van der Waals surface area contributed by atoms with E-state index in [0.29, 0.717) is 12.1 Å². The fraction of sp³-hybridized carbons (Fsp3) is 0.333. The molecule has 0 aliphatic carbocycles. The van der Waals surface area contributed by atoms with Gasteiger partial charge in [0.05, 0.1) is 6.57 Å². The van der Waals surface area contributed by atoms with E-state index in [0.717, 1.165) is 16.8 Å². The van der Waals surface area contributed by atoms with Crippen molar-refractivity contribution in [3.05, 3.63) is 34.7 Å². The van der Waals surface area contributed by atoms with Crippen molar-refractivity contribution < 1.29 is 37.5 Å². The second-order valence-electron chi connectivity index (χ2n) is 3.47. The summed E-state index contributed by atoms with van der Waals surface area (Å²) in [5.41, 5.74) is 3.30. The summed E-state index contributed by atoms with van der Waals surface area (Å²) in [5.74, 6) is -0.00300. The molecule has 1 amide bonds. The van der Waals surface area contributed by atoms with Crippen molar-refractivity contribution >= 4 is 17.3 Å². The molecular formula is C12H14N2OY. The van der Waals surface area contributed by atoms with E-state index < -0.39 is 0 Å². The Labute approximate surface area is 121 Å². The Balaban J connectivity index is 0.00000225. The summed E-state index contributed by atoms with van der Waals surface area (Å²) in [4.78, 5) is 14.6. The van der Waals surface area contributed by atoms with E-state index in [1.807, 2.05) is 20.8 Å². The largest absolute Gasteiger partial charge is 0.326 e. The summed E-state index contributed by atoms with van der Waals surface area (Å²) in [5, 5.41) is 2.84. The molecule has 0 aliphatic rings. The monoisotopic (exact) mass is 291 g/mol. The molecule has 0 heterocycles. The number of carbonyl (C=O) groups excluding carboxylic acids is 1. The molecule has 0 aliphatic heterocycles. The summed E-state index contributed by atoms with van der Waals surface area (Å²) in [6.07, 6.45) is 0.462. The van der Waals surface area contributed by atoms with Crippen molar-refractivity contribution in [3.8, 4) is 0 Å². The van der Waals surface area contributed by atoms with E-state index >= 15 is 0 Å². The third kappa shape index (κ3) is 3.70. The SMILES string of the molecule is [C-]#[N+]c1cc(C)c(NC(=O)CC)c(C)c1.[Y]. The molecule has 1 rings (SSSR count). The first-order valence-electron chi connectivity index (χ1n) is 4.87. The van der Waals surface area contributed by atoms with E-state index in [2.05, 4.69) is 10.2 Å². The van der Waals surface area contributed by atoms with Crippen LogP contribution in [0.2, 0.25) is 0 Å². The quantitative estimate of drug-likeness (QED) is 0.834. The summed E-state index contributed by atoms with van der Waals surface area (Å²) >= 11 is 0. The molecule has 1 radical (unpaired) electrons. The number of anilines is 1. The predicted molar refractivity (Wildman–Crippen MR) is 61.1 cm³/mol. The Morgan fingerprint density at radius 3 is 2.25 bits per heavy atom. The van der Waals surface area contributed by atoms with Gasteiger partial charge in [-0.05, 0) is 25.0 Å². The van der Waals surface area contributed by atoms with Gasteiger partial charge in [0, 0.05) is 44.8 Å². The van der Waals surface area contributed by atoms with Gasteiger partial charge in [-0.15, -0.1) is 0 Å². The number of aryl methyl sites for hydroxylation is 2. The van der Waals surface area contributed by atoms with E-state index in [9.17, 15) is 4.79 Å². The van der Waals surface area contributed by atoms with Gasteiger partial charge in [-0.3, -0.25) is 4.79 Å². The van der Waals surface area contributed by atoms with Crippen LogP contribution < -0.4 is 5.32 Å². The summed E-state index contributed by atoms with van der Waals surface area (Å²) in [7, 11) is 0. The first kappa shape index (κ1) is 15.3. The van der Waals surface area contributed by atoms with Crippen molar-refractivity contribution in [1.29, 1.82) is 0 Å². The van der Waals surface area contributed by atoms with Crippen LogP contribution in [-0.4, -0.2) is 5.91 Å². The smallest absolute Gasteiger partial charge is 0.224 e. The van der Waals surface area contributed by atoms with Crippen molar-refractivity contribution in [2.24, 2.45) is 0 Å². The molecule has 3 nitrogen and oxygen atoms in total. The summed E-state index contributed by atoms with van der Waals surface area (Å²) in [6.45, 7) is 12.5. The summed E-state index contributed by atoms with van der Waals surface area (Å²) < 4.78 is 0. The van der Waals surface area contributed by atoms with Gasteiger partial charge in [-0.2, -0.15) is 0 Å². The molecule has 4 heteroatoms. The molecule has 1 aromatic rings. The standard InChI is InChI=1S/C12H14N2O.Y/c1-5-11(15)14-12-8(2)6-10(13-4)7-9(12)3;/h6-7H,5H2,1-3H3,(H,14,15);. The summed E-state index contributed by atoms with van der Waals surface area (Å²) in [6, 6.07) is 3.57. The van der Waals surface area contributed by atoms with Crippen LogP contribution in [0.3, 0.4) is 0 Å². The minimum Gasteiger partial charge on any atom is -0.326 e. The van der Waals surface area contributed by atoms with Crippen LogP contribution in [-0.2, 0) is 37.5 Å².